The van der Waals surface area contributed by atoms with Crippen molar-refractivity contribution < 1.29 is 23.5 Å². The van der Waals surface area contributed by atoms with Crippen LogP contribution in [0.4, 0.5) is 4.79 Å². The Morgan fingerprint density at radius 2 is 1.78 bits per heavy atom. The zero-order valence-electron chi connectivity index (χ0n) is 17.0. The minimum atomic E-state index is -1.09. The van der Waals surface area contributed by atoms with Crippen molar-refractivity contribution in [3.63, 3.8) is 0 Å². The summed E-state index contributed by atoms with van der Waals surface area (Å²) in [6.07, 6.45) is 1.17. The average Bonchev–Trinajstić information content (AvgIpc) is 3.43. The van der Waals surface area contributed by atoms with Crippen LogP contribution in [0.5, 0.6) is 5.75 Å². The number of esters is 1. The van der Waals surface area contributed by atoms with Gasteiger partial charge in [0, 0.05) is 10.8 Å². The fraction of sp³-hybridized carbons (Fsp3) is 0.160. The number of imide groups is 1. The first-order valence-corrected chi connectivity index (χ1v) is 10.4. The van der Waals surface area contributed by atoms with Gasteiger partial charge in [-0.25, -0.2) is 9.59 Å². The van der Waals surface area contributed by atoms with Gasteiger partial charge in [-0.05, 0) is 48.2 Å². The number of amides is 3. The number of nitrogens with zero attached hydrogens (tertiary/aromatic N) is 1. The number of urea groups is 1. The van der Waals surface area contributed by atoms with E-state index in [4.69, 9.17) is 9.15 Å². The molecule has 4 aromatic rings. The highest BCUT2D eigenvalue weighted by atomic mass is 16.5. The summed E-state index contributed by atoms with van der Waals surface area (Å²) in [6.45, 7) is -0.460. The molecule has 1 aliphatic carbocycles. The molecular weight excluding hydrogens is 408 g/mol. The van der Waals surface area contributed by atoms with Crippen LogP contribution in [0.25, 0.3) is 21.9 Å². The molecule has 7 nitrogen and oxygen atoms in total. The highest BCUT2D eigenvalue weighted by Crippen LogP contribution is 2.41. The lowest BCUT2D eigenvalue weighted by Crippen LogP contribution is -2.42. The van der Waals surface area contributed by atoms with Crippen LogP contribution in [0.2, 0.25) is 0 Å². The molecule has 1 unspecified atom stereocenters. The predicted molar refractivity (Wildman–Crippen MR) is 116 cm³/mol. The number of carbonyl (C=O) groups is 3. The third-order valence-corrected chi connectivity index (χ3v) is 6.29. The topological polar surface area (TPSA) is 88.9 Å². The van der Waals surface area contributed by atoms with Crippen LogP contribution >= 0.6 is 0 Å². The molecule has 3 aromatic carbocycles. The van der Waals surface area contributed by atoms with E-state index >= 15 is 0 Å². The van der Waals surface area contributed by atoms with Crippen molar-refractivity contribution in [1.82, 2.24) is 10.2 Å². The third kappa shape index (κ3) is 2.64. The molecule has 2 aliphatic rings. The summed E-state index contributed by atoms with van der Waals surface area (Å²) in [6, 6.07) is 19.7. The number of hydrogen-bond donors (Lipinski definition) is 1. The van der Waals surface area contributed by atoms with Crippen molar-refractivity contribution >= 4 is 39.8 Å². The molecule has 1 spiro atoms. The smallest absolute Gasteiger partial charge is 0.331 e. The van der Waals surface area contributed by atoms with Gasteiger partial charge in [-0.2, -0.15) is 0 Å². The molecule has 32 heavy (non-hydrogen) atoms. The maximum atomic E-state index is 13.2. The monoisotopic (exact) mass is 426 g/mol. The van der Waals surface area contributed by atoms with E-state index in [1.807, 2.05) is 48.5 Å². The lowest BCUT2D eigenvalue weighted by atomic mass is 9.92. The quantitative estimate of drug-likeness (QED) is 0.305. The van der Waals surface area contributed by atoms with E-state index in [0.29, 0.717) is 24.2 Å². The standard InChI is InChI=1S/C25H18N2O5/c28-22(31-16-9-10-21-18(13-16)17-6-2-4-8-20(17)32-21)14-27-23(29)25(26-24(27)30)12-11-15-5-1-3-7-19(15)25/h1-10,13H,11-12,14H2,(H,26,30). The summed E-state index contributed by atoms with van der Waals surface area (Å²) < 4.78 is 11.2. The maximum Gasteiger partial charge on any atom is 0.331 e. The van der Waals surface area contributed by atoms with E-state index in [9.17, 15) is 14.4 Å². The molecule has 1 aromatic heterocycles. The third-order valence-electron chi connectivity index (χ3n) is 6.29. The molecule has 0 bridgehead atoms. The van der Waals surface area contributed by atoms with Crippen molar-refractivity contribution in [1.29, 1.82) is 0 Å². The van der Waals surface area contributed by atoms with Gasteiger partial charge in [-0.15, -0.1) is 0 Å². The first-order chi connectivity index (χ1) is 15.5. The Bertz CT molecular complexity index is 1440. The van der Waals surface area contributed by atoms with Gasteiger partial charge in [0.1, 0.15) is 29.0 Å². The predicted octanol–water partition coefficient (Wildman–Crippen LogP) is 3.88. The fourth-order valence-corrected chi connectivity index (χ4v) is 4.79. The Morgan fingerprint density at radius 1 is 1.00 bits per heavy atom. The van der Waals surface area contributed by atoms with Crippen LogP contribution in [-0.2, 0) is 21.5 Å². The molecule has 0 saturated carbocycles. The number of para-hydroxylation sites is 1. The minimum absolute atomic E-state index is 0.321. The van der Waals surface area contributed by atoms with E-state index in [1.165, 1.54) is 0 Å². The number of fused-ring (bicyclic) bond motifs is 5. The Labute approximate surface area is 182 Å². The summed E-state index contributed by atoms with van der Waals surface area (Å²) >= 11 is 0. The van der Waals surface area contributed by atoms with E-state index in [2.05, 4.69) is 5.32 Å². The van der Waals surface area contributed by atoms with Crippen LogP contribution in [0, 0.1) is 0 Å². The number of aryl methyl sites for hydroxylation is 1. The molecule has 1 fully saturated rings. The van der Waals surface area contributed by atoms with Gasteiger partial charge in [0.15, 0.2) is 0 Å². The fourth-order valence-electron chi connectivity index (χ4n) is 4.79. The summed E-state index contributed by atoms with van der Waals surface area (Å²) in [7, 11) is 0. The first kappa shape index (κ1) is 18.6. The molecule has 0 radical (unpaired) electrons. The molecule has 1 aliphatic heterocycles. The maximum absolute atomic E-state index is 13.2. The van der Waals surface area contributed by atoms with Crippen LogP contribution in [0.1, 0.15) is 17.5 Å². The van der Waals surface area contributed by atoms with Gasteiger partial charge in [0.05, 0.1) is 0 Å². The Kier molecular flexibility index (Phi) is 3.89. The van der Waals surface area contributed by atoms with Gasteiger partial charge >= 0.3 is 12.0 Å². The van der Waals surface area contributed by atoms with E-state index in [0.717, 1.165) is 32.4 Å². The highest BCUT2D eigenvalue weighted by molar-refractivity contribution is 6.10. The summed E-state index contributed by atoms with van der Waals surface area (Å²) in [5, 5.41) is 4.55. The van der Waals surface area contributed by atoms with Crippen LogP contribution in [0.15, 0.2) is 71.1 Å². The Morgan fingerprint density at radius 3 is 2.69 bits per heavy atom. The highest BCUT2D eigenvalue weighted by Gasteiger charge is 2.55. The Balaban J connectivity index is 1.23. The van der Waals surface area contributed by atoms with Crippen molar-refractivity contribution in [2.45, 2.75) is 18.4 Å². The Hall–Kier alpha value is -4.13. The van der Waals surface area contributed by atoms with Crippen molar-refractivity contribution in [3.8, 4) is 5.75 Å². The molecular formula is C25H18N2O5. The number of furan rings is 1. The second kappa shape index (κ2) is 6.68. The molecule has 1 N–H and O–H groups in total. The van der Waals surface area contributed by atoms with Gasteiger partial charge in [-0.1, -0.05) is 42.5 Å². The molecule has 2 heterocycles. The van der Waals surface area contributed by atoms with Gasteiger partial charge in [-0.3, -0.25) is 9.69 Å². The molecule has 158 valence electrons. The second-order valence-corrected chi connectivity index (χ2v) is 8.11. The second-order valence-electron chi connectivity index (χ2n) is 8.11. The number of hydrogen-bond acceptors (Lipinski definition) is 5. The molecule has 1 atom stereocenters. The van der Waals surface area contributed by atoms with Crippen molar-refractivity contribution in [2.24, 2.45) is 0 Å². The number of carbonyl (C=O) groups excluding carboxylic acids is 3. The summed E-state index contributed by atoms with van der Waals surface area (Å²) in [4.78, 5) is 39.4. The first-order valence-electron chi connectivity index (χ1n) is 10.4. The molecule has 6 rings (SSSR count). The molecule has 1 saturated heterocycles. The number of ether oxygens (including phenoxy) is 1. The average molecular weight is 426 g/mol. The van der Waals surface area contributed by atoms with E-state index in [-0.39, 0.29) is 0 Å². The lowest BCUT2D eigenvalue weighted by Gasteiger charge is -2.22. The number of nitrogens with one attached hydrogen (secondary N) is 1. The normalized spacial score (nSPS) is 19.7. The van der Waals surface area contributed by atoms with Gasteiger partial charge < -0.3 is 14.5 Å². The van der Waals surface area contributed by atoms with Crippen LogP contribution in [-0.4, -0.2) is 29.4 Å². The van der Waals surface area contributed by atoms with E-state index in [1.54, 1.807) is 18.2 Å². The molecule has 7 heteroatoms. The van der Waals surface area contributed by atoms with Crippen molar-refractivity contribution in [3.05, 3.63) is 77.9 Å². The van der Waals surface area contributed by atoms with E-state index < -0.39 is 30.0 Å². The lowest BCUT2D eigenvalue weighted by molar-refractivity contribution is -0.141. The van der Waals surface area contributed by atoms with Crippen molar-refractivity contribution in [2.75, 3.05) is 6.54 Å². The number of benzene rings is 3. The SMILES string of the molecule is O=C(CN1C(=O)NC2(CCc3ccccc32)C1=O)Oc1ccc2oc3ccccc3c2c1. The summed E-state index contributed by atoms with van der Waals surface area (Å²) in [5.74, 6) is -0.785. The van der Waals surface area contributed by atoms with Crippen LogP contribution in [0.3, 0.4) is 0 Å². The van der Waals surface area contributed by atoms with Crippen LogP contribution < -0.4 is 10.1 Å². The zero-order valence-corrected chi connectivity index (χ0v) is 17.0. The number of rotatable bonds is 3. The van der Waals surface area contributed by atoms with Gasteiger partial charge in [0.2, 0.25) is 0 Å². The largest absolute Gasteiger partial charge is 0.456 e. The molecule has 3 amide bonds. The zero-order chi connectivity index (χ0) is 21.9. The minimum Gasteiger partial charge on any atom is -0.456 e. The summed E-state index contributed by atoms with van der Waals surface area (Å²) in [5.41, 5.74) is 2.16. The van der Waals surface area contributed by atoms with Gasteiger partial charge in [0.25, 0.3) is 5.91 Å².